The summed E-state index contributed by atoms with van der Waals surface area (Å²) in [7, 11) is 1.34. The Morgan fingerprint density at radius 2 is 2.30 bits per heavy atom. The van der Waals surface area contributed by atoms with E-state index in [1.54, 1.807) is 0 Å². The van der Waals surface area contributed by atoms with Gasteiger partial charge in [-0.15, -0.1) is 11.3 Å². The lowest BCUT2D eigenvalue weighted by Crippen LogP contribution is -2.33. The van der Waals surface area contributed by atoms with Crippen LogP contribution in [-0.2, 0) is 9.53 Å². The quantitative estimate of drug-likeness (QED) is 0.684. The molecular formula is C14H18N2O3S. The maximum Gasteiger partial charge on any atom is 0.349 e. The van der Waals surface area contributed by atoms with Gasteiger partial charge in [0.05, 0.1) is 19.3 Å². The Bertz CT molecular complexity index is 524. The predicted molar refractivity (Wildman–Crippen MR) is 76.5 cm³/mol. The molecule has 5 nitrogen and oxygen atoms in total. The van der Waals surface area contributed by atoms with Crippen LogP contribution >= 0.6 is 11.3 Å². The van der Waals surface area contributed by atoms with Gasteiger partial charge in [-0.1, -0.05) is 12.2 Å². The van der Waals surface area contributed by atoms with Crippen molar-refractivity contribution in [3.63, 3.8) is 0 Å². The standard InChI is InChI=1S/C14H18N2O3S/c1-9(13-15-8-11(20-13)14(18)19-2)16-12(17)10-6-4-3-5-7-10/h3-4,8-10H,5-7H2,1-2H3,(H,16,17)/t9-,10+/m1/s1. The number of aromatic nitrogens is 1. The molecule has 0 bridgehead atoms. The van der Waals surface area contributed by atoms with E-state index in [1.807, 2.05) is 6.92 Å². The second-order valence-electron chi connectivity index (χ2n) is 4.77. The van der Waals surface area contributed by atoms with Crippen LogP contribution in [0.1, 0.15) is 46.9 Å². The van der Waals surface area contributed by atoms with E-state index in [4.69, 9.17) is 0 Å². The fourth-order valence-electron chi connectivity index (χ4n) is 2.11. The highest BCUT2D eigenvalue weighted by atomic mass is 32.1. The smallest absolute Gasteiger partial charge is 0.349 e. The predicted octanol–water partition coefficient (Wildman–Crippen LogP) is 2.46. The molecule has 0 saturated heterocycles. The van der Waals surface area contributed by atoms with Crippen molar-refractivity contribution in [2.24, 2.45) is 5.92 Å². The van der Waals surface area contributed by atoms with E-state index in [0.29, 0.717) is 9.88 Å². The summed E-state index contributed by atoms with van der Waals surface area (Å²) in [6.45, 7) is 1.87. The van der Waals surface area contributed by atoms with E-state index in [0.717, 1.165) is 19.3 Å². The van der Waals surface area contributed by atoms with Crippen molar-refractivity contribution in [2.75, 3.05) is 7.11 Å². The minimum Gasteiger partial charge on any atom is -0.465 e. The Morgan fingerprint density at radius 1 is 1.50 bits per heavy atom. The number of amides is 1. The summed E-state index contributed by atoms with van der Waals surface area (Å²) < 4.78 is 4.64. The van der Waals surface area contributed by atoms with Gasteiger partial charge in [0, 0.05) is 5.92 Å². The molecule has 2 atom stereocenters. The Labute approximate surface area is 122 Å². The van der Waals surface area contributed by atoms with Gasteiger partial charge in [0.2, 0.25) is 5.91 Å². The maximum atomic E-state index is 12.1. The number of rotatable bonds is 4. The molecule has 1 aromatic heterocycles. The van der Waals surface area contributed by atoms with Crippen molar-refractivity contribution in [3.05, 3.63) is 28.2 Å². The molecule has 0 spiro atoms. The topological polar surface area (TPSA) is 68.3 Å². The molecule has 2 rings (SSSR count). The Morgan fingerprint density at radius 3 is 2.95 bits per heavy atom. The van der Waals surface area contributed by atoms with Crippen LogP contribution in [0.15, 0.2) is 18.3 Å². The van der Waals surface area contributed by atoms with Crippen LogP contribution in [0.3, 0.4) is 0 Å². The second kappa shape index (κ2) is 6.65. The van der Waals surface area contributed by atoms with E-state index in [2.05, 4.69) is 27.2 Å². The largest absolute Gasteiger partial charge is 0.465 e. The van der Waals surface area contributed by atoms with E-state index < -0.39 is 5.97 Å². The monoisotopic (exact) mass is 294 g/mol. The molecule has 0 aliphatic heterocycles. The minimum absolute atomic E-state index is 0.0440. The zero-order valence-corrected chi connectivity index (χ0v) is 12.4. The second-order valence-corrected chi connectivity index (χ2v) is 5.83. The highest BCUT2D eigenvalue weighted by Crippen LogP contribution is 2.23. The zero-order valence-electron chi connectivity index (χ0n) is 11.6. The minimum atomic E-state index is -0.398. The summed E-state index contributed by atoms with van der Waals surface area (Å²) >= 11 is 1.25. The highest BCUT2D eigenvalue weighted by molar-refractivity contribution is 7.13. The number of methoxy groups -OCH3 is 1. The van der Waals surface area contributed by atoms with E-state index in [-0.39, 0.29) is 17.9 Å². The van der Waals surface area contributed by atoms with Gasteiger partial charge in [0.1, 0.15) is 9.88 Å². The van der Waals surface area contributed by atoms with Crippen molar-refractivity contribution < 1.29 is 14.3 Å². The van der Waals surface area contributed by atoms with E-state index in [9.17, 15) is 9.59 Å². The fourth-order valence-corrected chi connectivity index (χ4v) is 2.95. The number of nitrogens with zero attached hydrogens (tertiary/aromatic N) is 1. The molecule has 1 aromatic rings. The van der Waals surface area contributed by atoms with Crippen LogP contribution in [0.2, 0.25) is 0 Å². The third kappa shape index (κ3) is 3.45. The summed E-state index contributed by atoms with van der Waals surface area (Å²) in [5.41, 5.74) is 0. The zero-order chi connectivity index (χ0) is 14.5. The molecule has 0 unspecified atom stereocenters. The number of ether oxygens (including phenoxy) is 1. The number of nitrogens with one attached hydrogen (secondary N) is 1. The van der Waals surface area contributed by atoms with Gasteiger partial charge in [-0.25, -0.2) is 9.78 Å². The number of esters is 1. The number of hydrogen-bond acceptors (Lipinski definition) is 5. The molecule has 1 aliphatic carbocycles. The maximum absolute atomic E-state index is 12.1. The summed E-state index contributed by atoms with van der Waals surface area (Å²) in [5.74, 6) is -0.302. The lowest BCUT2D eigenvalue weighted by atomic mass is 9.93. The molecule has 1 N–H and O–H groups in total. The van der Waals surface area contributed by atoms with Crippen molar-refractivity contribution in [2.45, 2.75) is 32.2 Å². The van der Waals surface area contributed by atoms with Crippen LogP contribution in [-0.4, -0.2) is 24.0 Å². The molecule has 0 fully saturated rings. The van der Waals surface area contributed by atoms with Gasteiger partial charge in [0.25, 0.3) is 0 Å². The van der Waals surface area contributed by atoms with Gasteiger partial charge in [0.15, 0.2) is 0 Å². The van der Waals surface area contributed by atoms with Crippen LogP contribution in [0.25, 0.3) is 0 Å². The SMILES string of the molecule is COC(=O)c1cnc([C@@H](C)NC(=O)[C@H]2CC=CCC2)s1. The summed E-state index contributed by atoms with van der Waals surface area (Å²) in [5, 5.41) is 3.67. The van der Waals surface area contributed by atoms with E-state index >= 15 is 0 Å². The summed E-state index contributed by atoms with van der Waals surface area (Å²) in [6, 6.07) is -0.197. The summed E-state index contributed by atoms with van der Waals surface area (Å²) in [6.07, 6.45) is 8.28. The fraction of sp³-hybridized carbons (Fsp3) is 0.500. The third-order valence-corrected chi connectivity index (χ3v) is 4.44. The Balaban J connectivity index is 1.95. The first-order valence-electron chi connectivity index (χ1n) is 6.61. The average molecular weight is 294 g/mol. The first kappa shape index (κ1) is 14.7. The molecule has 6 heteroatoms. The van der Waals surface area contributed by atoms with Crippen LogP contribution < -0.4 is 5.32 Å². The lowest BCUT2D eigenvalue weighted by molar-refractivity contribution is -0.125. The van der Waals surface area contributed by atoms with Crippen molar-refractivity contribution in [1.29, 1.82) is 0 Å². The molecule has 0 saturated carbocycles. The molecular weight excluding hydrogens is 276 g/mol. The normalized spacial score (nSPS) is 19.4. The first-order valence-corrected chi connectivity index (χ1v) is 7.43. The first-order chi connectivity index (χ1) is 9.61. The molecule has 1 heterocycles. The number of carbonyl (C=O) groups is 2. The summed E-state index contributed by atoms with van der Waals surface area (Å²) in [4.78, 5) is 28.1. The highest BCUT2D eigenvalue weighted by Gasteiger charge is 2.22. The molecule has 1 amide bonds. The van der Waals surface area contributed by atoms with E-state index in [1.165, 1.54) is 24.6 Å². The number of thiazole rings is 1. The average Bonchev–Trinajstić information content (AvgIpc) is 2.97. The number of hydrogen-bond donors (Lipinski definition) is 1. The van der Waals surface area contributed by atoms with Crippen LogP contribution in [0.5, 0.6) is 0 Å². The molecule has 0 aromatic carbocycles. The van der Waals surface area contributed by atoms with Gasteiger partial charge < -0.3 is 10.1 Å². The Kier molecular flexibility index (Phi) is 4.89. The Hall–Kier alpha value is -1.69. The van der Waals surface area contributed by atoms with Gasteiger partial charge in [-0.2, -0.15) is 0 Å². The van der Waals surface area contributed by atoms with Gasteiger partial charge in [-0.3, -0.25) is 4.79 Å². The molecule has 1 aliphatic rings. The van der Waals surface area contributed by atoms with Crippen molar-refractivity contribution in [1.82, 2.24) is 10.3 Å². The third-order valence-electron chi connectivity index (χ3n) is 3.28. The number of carbonyl (C=O) groups excluding carboxylic acids is 2. The van der Waals surface area contributed by atoms with Crippen molar-refractivity contribution in [3.8, 4) is 0 Å². The van der Waals surface area contributed by atoms with Crippen LogP contribution in [0.4, 0.5) is 0 Å². The van der Waals surface area contributed by atoms with Gasteiger partial charge in [-0.05, 0) is 26.2 Å². The molecule has 20 heavy (non-hydrogen) atoms. The number of allylic oxidation sites excluding steroid dienone is 2. The molecule has 0 radical (unpaired) electrons. The van der Waals surface area contributed by atoms with Crippen molar-refractivity contribution >= 4 is 23.2 Å². The van der Waals surface area contributed by atoms with Crippen LogP contribution in [0, 0.1) is 5.92 Å². The van der Waals surface area contributed by atoms with Gasteiger partial charge >= 0.3 is 5.97 Å². The lowest BCUT2D eigenvalue weighted by Gasteiger charge is -2.19. The molecule has 108 valence electrons.